The van der Waals surface area contributed by atoms with Crippen LogP contribution in [0, 0.1) is 5.92 Å². The van der Waals surface area contributed by atoms with E-state index in [4.69, 9.17) is 4.74 Å². The van der Waals surface area contributed by atoms with E-state index in [0.717, 1.165) is 44.5 Å². The summed E-state index contributed by atoms with van der Waals surface area (Å²) >= 11 is 0. The van der Waals surface area contributed by atoms with Gasteiger partial charge in [-0.05, 0) is 49.3 Å². The summed E-state index contributed by atoms with van der Waals surface area (Å²) in [6, 6.07) is 8.76. The summed E-state index contributed by atoms with van der Waals surface area (Å²) in [5.41, 5.74) is 2.77. The van der Waals surface area contributed by atoms with E-state index in [2.05, 4.69) is 51.7 Å². The molecule has 2 unspecified atom stereocenters. The Bertz CT molecular complexity index is 589. The van der Waals surface area contributed by atoms with Gasteiger partial charge in [0, 0.05) is 39.8 Å². The van der Waals surface area contributed by atoms with Crippen molar-refractivity contribution >= 4 is 29.9 Å². The fourth-order valence-electron chi connectivity index (χ4n) is 3.97. The molecule has 2 aliphatic heterocycles. The van der Waals surface area contributed by atoms with Gasteiger partial charge in [-0.1, -0.05) is 31.2 Å². The van der Waals surface area contributed by atoms with Crippen LogP contribution in [0.3, 0.4) is 0 Å². The number of ether oxygens (including phenoxy) is 1. The zero-order chi connectivity index (χ0) is 18.2. The molecule has 1 aromatic carbocycles. The van der Waals surface area contributed by atoms with Crippen molar-refractivity contribution in [3.8, 4) is 0 Å². The molecule has 152 valence electrons. The first-order valence-electron chi connectivity index (χ1n) is 10.1. The summed E-state index contributed by atoms with van der Waals surface area (Å²) in [7, 11) is 1.83. The molecule has 0 bridgehead atoms. The average Bonchev–Trinajstić information content (AvgIpc) is 3.17. The number of piperidine rings is 1. The molecule has 1 aromatic rings. The van der Waals surface area contributed by atoms with Gasteiger partial charge >= 0.3 is 0 Å². The lowest BCUT2D eigenvalue weighted by molar-refractivity contribution is 0.114. The van der Waals surface area contributed by atoms with E-state index in [9.17, 15) is 0 Å². The molecular formula is C21H35IN4O. The van der Waals surface area contributed by atoms with Crippen molar-refractivity contribution < 1.29 is 4.74 Å². The van der Waals surface area contributed by atoms with Gasteiger partial charge in [-0.2, -0.15) is 0 Å². The normalized spacial score (nSPS) is 23.7. The van der Waals surface area contributed by atoms with Crippen LogP contribution in [0.15, 0.2) is 29.3 Å². The molecule has 0 aromatic heterocycles. The lowest BCUT2D eigenvalue weighted by Gasteiger charge is -2.31. The summed E-state index contributed by atoms with van der Waals surface area (Å²) in [5.74, 6) is 1.66. The van der Waals surface area contributed by atoms with Gasteiger partial charge in [0.25, 0.3) is 0 Å². The number of rotatable bonds is 6. The molecule has 2 N–H and O–H groups in total. The second-order valence-corrected chi connectivity index (χ2v) is 7.69. The molecule has 6 heteroatoms. The third kappa shape index (κ3) is 7.23. The van der Waals surface area contributed by atoms with Crippen LogP contribution in [0.4, 0.5) is 0 Å². The minimum Gasteiger partial charge on any atom is -0.376 e. The zero-order valence-electron chi connectivity index (χ0n) is 16.7. The molecule has 2 fully saturated rings. The Hall–Kier alpha value is -0.860. The number of hydrogen-bond donors (Lipinski definition) is 2. The number of aliphatic imine (C=N–C) groups is 1. The molecule has 27 heavy (non-hydrogen) atoms. The maximum Gasteiger partial charge on any atom is 0.191 e. The molecule has 0 spiro atoms. The molecule has 3 rings (SSSR count). The van der Waals surface area contributed by atoms with Gasteiger partial charge in [0.05, 0.1) is 6.10 Å². The lowest BCUT2D eigenvalue weighted by atomic mass is 9.99. The molecule has 5 nitrogen and oxygen atoms in total. The number of guanidine groups is 1. The predicted molar refractivity (Wildman–Crippen MR) is 123 cm³/mol. The van der Waals surface area contributed by atoms with Gasteiger partial charge < -0.3 is 15.4 Å². The van der Waals surface area contributed by atoms with Crippen molar-refractivity contribution in [2.24, 2.45) is 10.9 Å². The summed E-state index contributed by atoms with van der Waals surface area (Å²) in [5, 5.41) is 6.85. The summed E-state index contributed by atoms with van der Waals surface area (Å²) in [6.45, 7) is 8.36. The molecule has 2 heterocycles. The second kappa shape index (κ2) is 11.9. The van der Waals surface area contributed by atoms with Crippen LogP contribution in [0.25, 0.3) is 0 Å². The van der Waals surface area contributed by atoms with Crippen molar-refractivity contribution in [3.05, 3.63) is 35.4 Å². The molecule has 2 aliphatic rings. The topological polar surface area (TPSA) is 48.9 Å². The highest BCUT2D eigenvalue weighted by Crippen LogP contribution is 2.19. The minimum absolute atomic E-state index is 0. The number of nitrogens with one attached hydrogen (secondary N) is 2. The number of nitrogens with zero attached hydrogens (tertiary/aromatic N) is 2. The highest BCUT2D eigenvalue weighted by molar-refractivity contribution is 14.0. The lowest BCUT2D eigenvalue weighted by Crippen LogP contribution is -2.41. The van der Waals surface area contributed by atoms with Gasteiger partial charge in [0.1, 0.15) is 0 Å². The average molecular weight is 486 g/mol. The van der Waals surface area contributed by atoms with Gasteiger partial charge in [0.15, 0.2) is 5.96 Å². The predicted octanol–water partition coefficient (Wildman–Crippen LogP) is 3.38. The quantitative estimate of drug-likeness (QED) is 0.368. The first-order chi connectivity index (χ1) is 12.7. The monoisotopic (exact) mass is 486 g/mol. The smallest absolute Gasteiger partial charge is 0.191 e. The maximum absolute atomic E-state index is 5.67. The minimum atomic E-state index is 0. The van der Waals surface area contributed by atoms with Crippen LogP contribution >= 0.6 is 24.0 Å². The van der Waals surface area contributed by atoms with Crippen molar-refractivity contribution in [1.82, 2.24) is 15.5 Å². The van der Waals surface area contributed by atoms with Gasteiger partial charge in [-0.25, -0.2) is 0 Å². The number of likely N-dealkylation sites (tertiary alicyclic amines) is 1. The fraction of sp³-hybridized carbons (Fsp3) is 0.667. The van der Waals surface area contributed by atoms with E-state index < -0.39 is 0 Å². The van der Waals surface area contributed by atoms with Gasteiger partial charge in [0.2, 0.25) is 0 Å². The van der Waals surface area contributed by atoms with E-state index in [0.29, 0.717) is 6.10 Å². The van der Waals surface area contributed by atoms with E-state index >= 15 is 0 Å². The number of hydrogen-bond acceptors (Lipinski definition) is 3. The number of benzene rings is 1. The van der Waals surface area contributed by atoms with Crippen LogP contribution in [-0.4, -0.2) is 50.3 Å². The van der Waals surface area contributed by atoms with E-state index in [1.54, 1.807) is 0 Å². The Labute approximate surface area is 181 Å². The molecule has 2 atom stereocenters. The first kappa shape index (κ1) is 22.4. The number of halogens is 1. The standard InChI is InChI=1S/C21H34N4O.HI/c1-17-7-5-11-25(15-17)16-19-9-4-3-8-18(19)13-23-21(22-2)24-14-20-10-6-12-26-20;/h3-4,8-9,17,20H,5-7,10-16H2,1-2H3,(H2,22,23,24);1H. The van der Waals surface area contributed by atoms with Gasteiger partial charge in [-0.3, -0.25) is 9.89 Å². The Kier molecular flexibility index (Phi) is 9.86. The Balaban J connectivity index is 0.00000261. The SMILES string of the molecule is CN=C(NCc1ccccc1CN1CCCC(C)C1)NCC1CCCO1.I. The largest absolute Gasteiger partial charge is 0.376 e. The van der Waals surface area contributed by atoms with Crippen molar-refractivity contribution in [2.75, 3.05) is 33.3 Å². The second-order valence-electron chi connectivity index (χ2n) is 7.69. The van der Waals surface area contributed by atoms with Crippen LogP contribution < -0.4 is 10.6 Å². The molecule has 2 saturated heterocycles. The van der Waals surface area contributed by atoms with Crippen LogP contribution in [-0.2, 0) is 17.8 Å². The van der Waals surface area contributed by atoms with E-state index in [1.165, 1.54) is 43.5 Å². The summed E-state index contributed by atoms with van der Waals surface area (Å²) < 4.78 is 5.67. The van der Waals surface area contributed by atoms with Crippen LogP contribution in [0.1, 0.15) is 43.7 Å². The Morgan fingerprint density at radius 1 is 1.19 bits per heavy atom. The van der Waals surface area contributed by atoms with Gasteiger partial charge in [-0.15, -0.1) is 24.0 Å². The van der Waals surface area contributed by atoms with Crippen molar-refractivity contribution in [3.63, 3.8) is 0 Å². The molecule has 0 amide bonds. The highest BCUT2D eigenvalue weighted by Gasteiger charge is 2.18. The molecule has 0 aliphatic carbocycles. The molecular weight excluding hydrogens is 451 g/mol. The molecule has 0 radical (unpaired) electrons. The summed E-state index contributed by atoms with van der Waals surface area (Å²) in [4.78, 5) is 6.94. The highest BCUT2D eigenvalue weighted by atomic mass is 127. The van der Waals surface area contributed by atoms with Crippen molar-refractivity contribution in [2.45, 2.75) is 51.8 Å². The molecule has 0 saturated carbocycles. The zero-order valence-corrected chi connectivity index (χ0v) is 19.1. The maximum atomic E-state index is 5.67. The van der Waals surface area contributed by atoms with Crippen LogP contribution in [0.5, 0.6) is 0 Å². The third-order valence-corrected chi connectivity index (χ3v) is 5.44. The van der Waals surface area contributed by atoms with E-state index in [1.807, 2.05) is 7.05 Å². The Morgan fingerprint density at radius 3 is 2.70 bits per heavy atom. The fourth-order valence-corrected chi connectivity index (χ4v) is 3.97. The van der Waals surface area contributed by atoms with E-state index in [-0.39, 0.29) is 24.0 Å². The first-order valence-corrected chi connectivity index (χ1v) is 10.1. The summed E-state index contributed by atoms with van der Waals surface area (Å²) in [6.07, 6.45) is 5.32. The Morgan fingerprint density at radius 2 is 2.00 bits per heavy atom. The third-order valence-electron chi connectivity index (χ3n) is 5.44. The van der Waals surface area contributed by atoms with Crippen molar-refractivity contribution in [1.29, 1.82) is 0 Å². The van der Waals surface area contributed by atoms with Crippen LogP contribution in [0.2, 0.25) is 0 Å².